The molecule has 1 aliphatic heterocycles. The molecule has 3 N–H and O–H groups in total. The van der Waals surface area contributed by atoms with Crippen LogP contribution >= 0.6 is 0 Å². The largest absolute Gasteiger partial charge is 0.480 e. The van der Waals surface area contributed by atoms with Crippen molar-refractivity contribution in [1.29, 1.82) is 0 Å². The van der Waals surface area contributed by atoms with Crippen molar-refractivity contribution in [3.8, 4) is 0 Å². The van der Waals surface area contributed by atoms with E-state index in [2.05, 4.69) is 27.9 Å². The summed E-state index contributed by atoms with van der Waals surface area (Å²) >= 11 is 0. The van der Waals surface area contributed by atoms with Crippen LogP contribution in [-0.4, -0.2) is 57.5 Å². The standard InChI is InChI=1S/C30H38FN5O4/c1-19-15-21(17-24-16-20(2)35-36(24)3)18-25(31)27(19)29(37)34-26(30(38)39)11-14-40-13-5-4-8-23-10-9-22-7-6-12-32-28(22)33-23/h9-10,15-16,18,26H,4-8,11-14,17H2,1-3H3,(H,32,33)(H,34,37)(H,38,39)/t26-/m0/s1. The highest BCUT2D eigenvalue weighted by Crippen LogP contribution is 2.21. The lowest BCUT2D eigenvalue weighted by Crippen LogP contribution is -2.42. The van der Waals surface area contributed by atoms with E-state index < -0.39 is 23.7 Å². The van der Waals surface area contributed by atoms with Gasteiger partial charge in [0.25, 0.3) is 5.91 Å². The van der Waals surface area contributed by atoms with Gasteiger partial charge in [0.1, 0.15) is 17.7 Å². The molecule has 1 aliphatic rings. The molecule has 1 aromatic carbocycles. The first kappa shape index (κ1) is 29.2. The van der Waals surface area contributed by atoms with Crippen LogP contribution in [0.2, 0.25) is 0 Å². The van der Waals surface area contributed by atoms with Crippen LogP contribution in [0.15, 0.2) is 30.3 Å². The number of rotatable bonds is 13. The molecule has 0 aliphatic carbocycles. The molecule has 0 fully saturated rings. The van der Waals surface area contributed by atoms with E-state index >= 15 is 0 Å². The first-order valence-corrected chi connectivity index (χ1v) is 13.8. The summed E-state index contributed by atoms with van der Waals surface area (Å²) in [5.74, 6) is -1.63. The molecule has 9 nitrogen and oxygen atoms in total. The average Bonchev–Trinajstić information content (AvgIpc) is 3.22. The maximum atomic E-state index is 15.0. The lowest BCUT2D eigenvalue weighted by atomic mass is 10.00. The first-order chi connectivity index (χ1) is 19.2. The van der Waals surface area contributed by atoms with Gasteiger partial charge >= 0.3 is 5.97 Å². The second-order valence-corrected chi connectivity index (χ2v) is 10.4. The van der Waals surface area contributed by atoms with Gasteiger partial charge < -0.3 is 20.5 Å². The number of hydrogen-bond acceptors (Lipinski definition) is 6. The molecule has 3 aromatic rings. The van der Waals surface area contributed by atoms with Crippen LogP contribution in [0.5, 0.6) is 0 Å². The molecule has 40 heavy (non-hydrogen) atoms. The number of pyridine rings is 1. The number of amides is 1. The SMILES string of the molecule is Cc1cc(Cc2cc(C)c(C(=O)N[C@@H](CCOCCCCc3ccc4c(n3)NCCC4)C(=O)O)c(F)c2)n(C)n1. The summed E-state index contributed by atoms with van der Waals surface area (Å²) in [5.41, 5.74) is 5.10. The van der Waals surface area contributed by atoms with Gasteiger partial charge in [0.05, 0.1) is 11.3 Å². The van der Waals surface area contributed by atoms with Crippen LogP contribution in [0.25, 0.3) is 0 Å². The number of anilines is 1. The molecule has 4 rings (SSSR count). The van der Waals surface area contributed by atoms with Crippen LogP contribution in [0.3, 0.4) is 0 Å². The number of nitrogens with zero attached hydrogens (tertiary/aromatic N) is 3. The Morgan fingerprint density at radius 3 is 2.75 bits per heavy atom. The van der Waals surface area contributed by atoms with E-state index in [1.54, 1.807) is 17.7 Å². The zero-order valence-electron chi connectivity index (χ0n) is 23.4. The van der Waals surface area contributed by atoms with Gasteiger partial charge in [-0.25, -0.2) is 14.2 Å². The van der Waals surface area contributed by atoms with E-state index in [4.69, 9.17) is 9.72 Å². The van der Waals surface area contributed by atoms with E-state index in [9.17, 15) is 19.1 Å². The summed E-state index contributed by atoms with van der Waals surface area (Å²) in [7, 11) is 1.83. The van der Waals surface area contributed by atoms with Crippen molar-refractivity contribution >= 4 is 17.7 Å². The van der Waals surface area contributed by atoms with Crippen molar-refractivity contribution in [2.24, 2.45) is 7.05 Å². The van der Waals surface area contributed by atoms with Crippen molar-refractivity contribution in [1.82, 2.24) is 20.1 Å². The zero-order valence-corrected chi connectivity index (χ0v) is 23.4. The molecular weight excluding hydrogens is 513 g/mol. The van der Waals surface area contributed by atoms with Crippen LogP contribution in [0.4, 0.5) is 10.2 Å². The van der Waals surface area contributed by atoms with Crippen molar-refractivity contribution in [2.75, 3.05) is 25.1 Å². The van der Waals surface area contributed by atoms with Gasteiger partial charge in [-0.05, 0) is 80.8 Å². The van der Waals surface area contributed by atoms with E-state index in [1.807, 2.05) is 20.0 Å². The smallest absolute Gasteiger partial charge is 0.326 e. The second-order valence-electron chi connectivity index (χ2n) is 10.4. The molecular formula is C30H38FN5O4. The van der Waals surface area contributed by atoms with Gasteiger partial charge in [-0.1, -0.05) is 12.1 Å². The number of aliphatic carboxylic acids is 1. The van der Waals surface area contributed by atoms with Crippen molar-refractivity contribution in [3.63, 3.8) is 0 Å². The summed E-state index contributed by atoms with van der Waals surface area (Å²) in [6.45, 7) is 5.14. The number of unbranched alkanes of at least 4 members (excludes halogenated alkanes) is 1. The first-order valence-electron chi connectivity index (χ1n) is 13.8. The number of carboxylic acids is 1. The number of carbonyl (C=O) groups excluding carboxylic acids is 1. The summed E-state index contributed by atoms with van der Waals surface area (Å²) in [5, 5.41) is 19.7. The molecule has 1 atom stereocenters. The van der Waals surface area contributed by atoms with Gasteiger partial charge in [0.2, 0.25) is 0 Å². The Labute approximate surface area is 234 Å². The lowest BCUT2D eigenvalue weighted by Gasteiger charge is -2.17. The van der Waals surface area contributed by atoms with Crippen LogP contribution in [0.1, 0.15) is 69.8 Å². The minimum Gasteiger partial charge on any atom is -0.480 e. The Morgan fingerprint density at radius 1 is 1.20 bits per heavy atom. The topological polar surface area (TPSA) is 118 Å². The summed E-state index contributed by atoms with van der Waals surface area (Å²) in [6, 6.07) is 8.03. The number of carbonyl (C=O) groups is 2. The predicted octanol–water partition coefficient (Wildman–Crippen LogP) is 4.13. The number of fused-ring (bicyclic) bond motifs is 1. The highest BCUT2D eigenvalue weighted by molar-refractivity contribution is 5.98. The van der Waals surface area contributed by atoms with E-state index in [0.717, 1.165) is 61.5 Å². The normalized spacial score (nSPS) is 13.4. The van der Waals surface area contributed by atoms with Crippen LogP contribution in [0, 0.1) is 19.7 Å². The summed E-state index contributed by atoms with van der Waals surface area (Å²) in [6.07, 6.45) is 5.30. The Bertz CT molecular complexity index is 1330. The fraction of sp³-hybridized carbons (Fsp3) is 0.467. The summed E-state index contributed by atoms with van der Waals surface area (Å²) < 4.78 is 22.4. The fourth-order valence-electron chi connectivity index (χ4n) is 5.05. The molecule has 0 spiro atoms. The Balaban J connectivity index is 1.22. The quantitative estimate of drug-likeness (QED) is 0.273. The molecule has 0 unspecified atom stereocenters. The highest BCUT2D eigenvalue weighted by atomic mass is 19.1. The Morgan fingerprint density at radius 2 is 2.02 bits per heavy atom. The Kier molecular flexibility index (Phi) is 9.87. The molecule has 0 radical (unpaired) electrons. The number of hydrogen-bond donors (Lipinski definition) is 3. The van der Waals surface area contributed by atoms with Gasteiger partial charge in [-0.2, -0.15) is 5.10 Å². The van der Waals surface area contributed by atoms with Crippen molar-refractivity contribution < 1.29 is 23.8 Å². The molecule has 0 saturated heterocycles. The van der Waals surface area contributed by atoms with Crippen molar-refractivity contribution in [3.05, 3.63) is 75.5 Å². The summed E-state index contributed by atoms with van der Waals surface area (Å²) in [4.78, 5) is 29.3. The third kappa shape index (κ3) is 7.65. The number of ether oxygens (including phenoxy) is 1. The zero-order chi connectivity index (χ0) is 28.6. The van der Waals surface area contributed by atoms with Gasteiger partial charge in [-0.3, -0.25) is 9.48 Å². The molecule has 0 bridgehead atoms. The molecule has 10 heteroatoms. The van der Waals surface area contributed by atoms with Crippen molar-refractivity contribution in [2.45, 2.75) is 64.8 Å². The van der Waals surface area contributed by atoms with Gasteiger partial charge in [0, 0.05) is 51.0 Å². The number of aryl methyl sites for hydroxylation is 5. The molecule has 214 valence electrons. The van der Waals surface area contributed by atoms with E-state index in [1.165, 1.54) is 11.6 Å². The van der Waals surface area contributed by atoms with E-state index in [-0.39, 0.29) is 18.6 Å². The maximum Gasteiger partial charge on any atom is 0.326 e. The highest BCUT2D eigenvalue weighted by Gasteiger charge is 2.24. The third-order valence-electron chi connectivity index (χ3n) is 7.14. The van der Waals surface area contributed by atoms with Crippen LogP contribution < -0.4 is 10.6 Å². The maximum absolute atomic E-state index is 15.0. The number of halogens is 1. The number of aromatic nitrogens is 3. The third-order valence-corrected chi connectivity index (χ3v) is 7.14. The molecule has 0 saturated carbocycles. The fourth-order valence-corrected chi connectivity index (χ4v) is 5.05. The number of nitrogens with one attached hydrogen (secondary N) is 2. The lowest BCUT2D eigenvalue weighted by molar-refractivity contribution is -0.139. The van der Waals surface area contributed by atoms with Crippen LogP contribution in [-0.2, 0) is 35.8 Å². The predicted molar refractivity (Wildman–Crippen MR) is 150 cm³/mol. The molecule has 1 amide bonds. The average molecular weight is 552 g/mol. The monoisotopic (exact) mass is 551 g/mol. The second kappa shape index (κ2) is 13.5. The Hall–Kier alpha value is -3.79. The van der Waals surface area contributed by atoms with Gasteiger partial charge in [0.15, 0.2) is 0 Å². The minimum atomic E-state index is -1.19. The number of benzene rings is 1. The molecule has 3 heterocycles. The number of carboxylic acid groups (broad SMARTS) is 1. The molecule has 2 aromatic heterocycles. The van der Waals surface area contributed by atoms with E-state index in [0.29, 0.717) is 24.2 Å². The van der Waals surface area contributed by atoms with Gasteiger partial charge in [-0.15, -0.1) is 0 Å². The minimum absolute atomic E-state index is 0.0811.